The van der Waals surface area contributed by atoms with Crippen molar-refractivity contribution in [2.45, 2.75) is 25.8 Å². The van der Waals surface area contributed by atoms with E-state index in [-0.39, 0.29) is 23.9 Å². The van der Waals surface area contributed by atoms with Crippen molar-refractivity contribution in [3.8, 4) is 0 Å². The molecule has 1 saturated heterocycles. The van der Waals surface area contributed by atoms with Crippen molar-refractivity contribution in [2.24, 2.45) is 5.92 Å². The number of piperidine rings is 1. The van der Waals surface area contributed by atoms with Crippen LogP contribution in [-0.2, 0) is 4.79 Å². The fourth-order valence-electron chi connectivity index (χ4n) is 4.14. The van der Waals surface area contributed by atoms with Gasteiger partial charge in [-0.3, -0.25) is 4.79 Å². The van der Waals surface area contributed by atoms with Crippen LogP contribution in [0.15, 0.2) is 72.8 Å². The number of nitrogens with one attached hydrogen (secondary N) is 2. The van der Waals surface area contributed by atoms with Crippen LogP contribution in [-0.4, -0.2) is 29.9 Å². The van der Waals surface area contributed by atoms with Crippen LogP contribution in [0.1, 0.15) is 31.4 Å². The van der Waals surface area contributed by atoms with Gasteiger partial charge in [-0.25, -0.2) is 4.79 Å². The highest BCUT2D eigenvalue weighted by Gasteiger charge is 2.29. The Morgan fingerprint density at radius 3 is 2.53 bits per heavy atom. The normalized spacial score (nSPS) is 17.4. The number of likely N-dealkylation sites (tertiary alicyclic amines) is 1. The van der Waals surface area contributed by atoms with Crippen molar-refractivity contribution in [1.29, 1.82) is 0 Å². The summed E-state index contributed by atoms with van der Waals surface area (Å²) in [7, 11) is 0. The molecule has 0 radical (unpaired) electrons. The van der Waals surface area contributed by atoms with Gasteiger partial charge in [0.05, 0.1) is 12.0 Å². The number of anilines is 1. The van der Waals surface area contributed by atoms with Crippen LogP contribution in [0.2, 0.25) is 0 Å². The number of para-hydroxylation sites is 1. The third-order valence-electron chi connectivity index (χ3n) is 5.75. The largest absolute Gasteiger partial charge is 0.349 e. The van der Waals surface area contributed by atoms with E-state index >= 15 is 0 Å². The Kier molecular flexibility index (Phi) is 5.98. The number of hydrogen-bond donors (Lipinski definition) is 2. The Labute approximate surface area is 177 Å². The van der Waals surface area contributed by atoms with Crippen LogP contribution in [0.5, 0.6) is 0 Å². The van der Waals surface area contributed by atoms with Crippen molar-refractivity contribution < 1.29 is 9.59 Å². The number of carbonyl (C=O) groups is 2. The van der Waals surface area contributed by atoms with Crippen molar-refractivity contribution in [1.82, 2.24) is 10.2 Å². The minimum Gasteiger partial charge on any atom is -0.349 e. The Morgan fingerprint density at radius 2 is 1.70 bits per heavy atom. The molecule has 4 rings (SSSR count). The predicted molar refractivity (Wildman–Crippen MR) is 120 cm³/mol. The second-order valence-corrected chi connectivity index (χ2v) is 7.88. The number of rotatable bonds is 4. The van der Waals surface area contributed by atoms with Crippen molar-refractivity contribution in [3.63, 3.8) is 0 Å². The number of carbonyl (C=O) groups excluding carboxylic acids is 2. The molecule has 3 amide bonds. The van der Waals surface area contributed by atoms with Gasteiger partial charge in [0.25, 0.3) is 0 Å². The standard InChI is InChI=1S/C25H27N3O2/c1-18(22-15-7-10-19-9-5-6-14-23(19)22)26-24(29)20-11-8-16-28(17-20)25(30)27-21-12-3-2-4-13-21/h2-7,9-10,12-15,18,20H,8,11,16-17H2,1H3,(H,26,29)(H,27,30)/t18-,20+/m0/s1. The van der Waals surface area contributed by atoms with Gasteiger partial charge in [0, 0.05) is 18.8 Å². The molecule has 1 heterocycles. The summed E-state index contributed by atoms with van der Waals surface area (Å²) in [5.74, 6) is -0.189. The average molecular weight is 402 g/mol. The molecule has 0 bridgehead atoms. The molecule has 1 aliphatic heterocycles. The van der Waals surface area contributed by atoms with Gasteiger partial charge < -0.3 is 15.5 Å². The average Bonchev–Trinajstić information content (AvgIpc) is 2.79. The Balaban J connectivity index is 1.40. The number of amides is 3. The summed E-state index contributed by atoms with van der Waals surface area (Å²) in [4.78, 5) is 27.3. The van der Waals surface area contributed by atoms with Crippen LogP contribution in [0.3, 0.4) is 0 Å². The summed E-state index contributed by atoms with van der Waals surface area (Å²) in [5.41, 5.74) is 1.87. The highest BCUT2D eigenvalue weighted by Crippen LogP contribution is 2.25. The molecule has 154 valence electrons. The van der Waals surface area contributed by atoms with Crippen LogP contribution in [0, 0.1) is 5.92 Å². The van der Waals surface area contributed by atoms with Gasteiger partial charge in [-0.2, -0.15) is 0 Å². The zero-order valence-corrected chi connectivity index (χ0v) is 17.2. The molecule has 0 spiro atoms. The first-order valence-corrected chi connectivity index (χ1v) is 10.5. The molecule has 2 atom stereocenters. The van der Waals surface area contributed by atoms with E-state index in [1.54, 1.807) is 4.90 Å². The number of benzene rings is 3. The first-order valence-electron chi connectivity index (χ1n) is 10.5. The molecule has 5 nitrogen and oxygen atoms in total. The molecule has 30 heavy (non-hydrogen) atoms. The van der Waals surface area contributed by atoms with Crippen LogP contribution in [0.4, 0.5) is 10.5 Å². The molecule has 3 aromatic carbocycles. The van der Waals surface area contributed by atoms with E-state index in [4.69, 9.17) is 0 Å². The topological polar surface area (TPSA) is 61.4 Å². The Bertz CT molecular complexity index is 1030. The maximum Gasteiger partial charge on any atom is 0.321 e. The maximum absolute atomic E-state index is 13.0. The highest BCUT2D eigenvalue weighted by atomic mass is 16.2. The smallest absolute Gasteiger partial charge is 0.321 e. The number of urea groups is 1. The molecule has 0 unspecified atom stereocenters. The van der Waals surface area contributed by atoms with Gasteiger partial charge in [0.2, 0.25) is 5.91 Å². The van der Waals surface area contributed by atoms with Gasteiger partial charge >= 0.3 is 6.03 Å². The lowest BCUT2D eigenvalue weighted by molar-refractivity contribution is -0.126. The minimum absolute atomic E-state index is 0.00708. The van der Waals surface area contributed by atoms with Crippen LogP contribution < -0.4 is 10.6 Å². The van der Waals surface area contributed by atoms with E-state index in [1.165, 1.54) is 0 Å². The van der Waals surface area contributed by atoms with Gasteiger partial charge in [-0.05, 0) is 48.2 Å². The van der Waals surface area contributed by atoms with E-state index in [9.17, 15) is 9.59 Å². The zero-order chi connectivity index (χ0) is 20.9. The molecule has 0 saturated carbocycles. The fourth-order valence-corrected chi connectivity index (χ4v) is 4.14. The van der Waals surface area contributed by atoms with E-state index < -0.39 is 0 Å². The Hall–Kier alpha value is -3.34. The third-order valence-corrected chi connectivity index (χ3v) is 5.75. The van der Waals surface area contributed by atoms with E-state index in [1.807, 2.05) is 55.5 Å². The number of fused-ring (bicyclic) bond motifs is 1. The molecule has 5 heteroatoms. The van der Waals surface area contributed by atoms with Gasteiger partial charge in [0.1, 0.15) is 0 Å². The molecule has 0 aromatic heterocycles. The molecule has 2 N–H and O–H groups in total. The lowest BCUT2D eigenvalue weighted by Gasteiger charge is -2.32. The quantitative estimate of drug-likeness (QED) is 0.649. The molecular weight excluding hydrogens is 374 g/mol. The van der Waals surface area contributed by atoms with E-state index in [2.05, 4.69) is 34.9 Å². The summed E-state index contributed by atoms with van der Waals surface area (Å²) >= 11 is 0. The first kappa shape index (κ1) is 20.0. The fraction of sp³-hybridized carbons (Fsp3) is 0.280. The van der Waals surface area contributed by atoms with Crippen LogP contribution in [0.25, 0.3) is 10.8 Å². The summed E-state index contributed by atoms with van der Waals surface area (Å²) in [6.07, 6.45) is 1.62. The summed E-state index contributed by atoms with van der Waals surface area (Å²) in [5, 5.41) is 8.40. The second-order valence-electron chi connectivity index (χ2n) is 7.88. The zero-order valence-electron chi connectivity index (χ0n) is 17.2. The second kappa shape index (κ2) is 8.99. The molecular formula is C25H27N3O2. The van der Waals surface area contributed by atoms with Gasteiger partial charge in [-0.1, -0.05) is 60.7 Å². The lowest BCUT2D eigenvalue weighted by atomic mass is 9.95. The number of nitrogens with zero attached hydrogens (tertiary/aromatic N) is 1. The third kappa shape index (κ3) is 4.46. The summed E-state index contributed by atoms with van der Waals surface area (Å²) < 4.78 is 0. The molecule has 1 fully saturated rings. The van der Waals surface area contributed by atoms with Crippen molar-refractivity contribution in [2.75, 3.05) is 18.4 Å². The van der Waals surface area contributed by atoms with Crippen LogP contribution >= 0.6 is 0 Å². The van der Waals surface area contributed by atoms with Crippen molar-refractivity contribution >= 4 is 28.4 Å². The summed E-state index contributed by atoms with van der Waals surface area (Å²) in [6.45, 7) is 3.12. The summed E-state index contributed by atoms with van der Waals surface area (Å²) in [6, 6.07) is 23.5. The monoisotopic (exact) mass is 401 g/mol. The number of hydrogen-bond acceptors (Lipinski definition) is 2. The maximum atomic E-state index is 13.0. The van der Waals surface area contributed by atoms with Gasteiger partial charge in [0.15, 0.2) is 0 Å². The van der Waals surface area contributed by atoms with E-state index in [0.717, 1.165) is 34.9 Å². The Morgan fingerprint density at radius 1 is 0.967 bits per heavy atom. The molecule has 3 aromatic rings. The van der Waals surface area contributed by atoms with Crippen molar-refractivity contribution in [3.05, 3.63) is 78.4 Å². The first-order chi connectivity index (χ1) is 14.6. The molecule has 1 aliphatic rings. The SMILES string of the molecule is C[C@H](NC(=O)[C@@H]1CCCN(C(=O)Nc2ccccc2)C1)c1cccc2ccccc12. The van der Waals surface area contributed by atoms with Gasteiger partial charge in [-0.15, -0.1) is 0 Å². The van der Waals surface area contributed by atoms with E-state index in [0.29, 0.717) is 13.1 Å². The minimum atomic E-state index is -0.197. The lowest BCUT2D eigenvalue weighted by Crippen LogP contribution is -2.47. The predicted octanol–water partition coefficient (Wildman–Crippen LogP) is 4.96. The molecule has 0 aliphatic carbocycles. The highest BCUT2D eigenvalue weighted by molar-refractivity contribution is 5.90.